The summed E-state index contributed by atoms with van der Waals surface area (Å²) < 4.78 is 156. The fourth-order valence-electron chi connectivity index (χ4n) is 3.27. The number of ketones is 2. The van der Waals surface area contributed by atoms with Crippen molar-refractivity contribution in [2.24, 2.45) is 5.92 Å². The van der Waals surface area contributed by atoms with Gasteiger partial charge in [-0.15, -0.1) is 0 Å². The molecular weight excluding hydrogens is 656 g/mol. The molecule has 0 spiro atoms. The Morgan fingerprint density at radius 2 is 1.00 bits per heavy atom. The second-order valence-electron chi connectivity index (χ2n) is 9.73. The molecule has 2 aromatic carbocycles. The van der Waals surface area contributed by atoms with Gasteiger partial charge in [-0.05, 0) is 69.6 Å². The van der Waals surface area contributed by atoms with Crippen LogP contribution >= 0.6 is 11.6 Å². The third-order valence-corrected chi connectivity index (χ3v) is 5.30. The van der Waals surface area contributed by atoms with Crippen LogP contribution in [0.15, 0.2) is 36.4 Å². The van der Waals surface area contributed by atoms with E-state index in [-0.39, 0.29) is 18.2 Å². The maximum Gasteiger partial charge on any atom is 0.417 e. The first-order chi connectivity index (χ1) is 19.5. The predicted molar refractivity (Wildman–Crippen MR) is 127 cm³/mol. The van der Waals surface area contributed by atoms with Crippen LogP contribution in [0, 0.1) is 5.92 Å². The van der Waals surface area contributed by atoms with Gasteiger partial charge in [0.05, 0.1) is 22.3 Å². The van der Waals surface area contributed by atoms with Gasteiger partial charge in [0.1, 0.15) is 5.60 Å². The highest BCUT2D eigenvalue weighted by Gasteiger charge is 2.43. The normalized spacial score (nSPS) is 13.4. The molecule has 2 aromatic rings. The first kappa shape index (κ1) is 38.4. The van der Waals surface area contributed by atoms with Gasteiger partial charge >= 0.3 is 30.7 Å². The molecule has 1 atom stereocenters. The summed E-state index contributed by atoms with van der Waals surface area (Å²) in [5.41, 5.74) is -10.1. The molecule has 0 aromatic heterocycles. The highest BCUT2D eigenvalue weighted by atomic mass is 35.5. The van der Waals surface area contributed by atoms with E-state index in [1.165, 1.54) is 20.8 Å². The number of hydrogen-bond acceptors (Lipinski definition) is 5. The van der Waals surface area contributed by atoms with Gasteiger partial charge in [-0.3, -0.25) is 19.2 Å². The van der Waals surface area contributed by atoms with Gasteiger partial charge < -0.3 is 4.74 Å². The van der Waals surface area contributed by atoms with Gasteiger partial charge in [0.15, 0.2) is 17.5 Å². The van der Waals surface area contributed by atoms with Crippen molar-refractivity contribution in [3.63, 3.8) is 0 Å². The summed E-state index contributed by atoms with van der Waals surface area (Å²) >= 11 is 4.86. The molecule has 0 saturated carbocycles. The van der Waals surface area contributed by atoms with Crippen LogP contribution in [0.2, 0.25) is 0 Å². The number of halogens is 13. The number of benzene rings is 2. The number of ether oxygens (including phenoxy) is 1. The van der Waals surface area contributed by atoms with E-state index >= 15 is 0 Å². The van der Waals surface area contributed by atoms with E-state index < -0.39 is 92.4 Å². The van der Waals surface area contributed by atoms with Gasteiger partial charge in [0, 0.05) is 11.1 Å². The first-order valence-electron chi connectivity index (χ1n) is 11.5. The largest absolute Gasteiger partial charge is 0.459 e. The molecule has 18 heteroatoms. The molecule has 1 unspecified atom stereocenters. The average molecular weight is 675 g/mol. The topological polar surface area (TPSA) is 77.5 Å². The highest BCUT2D eigenvalue weighted by Crippen LogP contribution is 2.39. The van der Waals surface area contributed by atoms with E-state index in [2.05, 4.69) is 0 Å². The van der Waals surface area contributed by atoms with Crippen molar-refractivity contribution >= 4 is 34.4 Å². The van der Waals surface area contributed by atoms with Crippen LogP contribution in [0.1, 0.15) is 70.7 Å². The smallest absolute Gasteiger partial charge is 0.417 e. The minimum Gasteiger partial charge on any atom is -0.459 e. The summed E-state index contributed by atoms with van der Waals surface area (Å²) in [7, 11) is 0. The minimum absolute atomic E-state index is 0.143. The fraction of sp³-hybridized carbons (Fsp3) is 0.385. The Hall–Kier alpha value is -3.63. The molecule has 0 heterocycles. The lowest BCUT2D eigenvalue weighted by atomic mass is 9.90. The summed E-state index contributed by atoms with van der Waals surface area (Å²) in [4.78, 5) is 46.9. The average Bonchev–Trinajstić information content (AvgIpc) is 2.80. The van der Waals surface area contributed by atoms with Gasteiger partial charge in [-0.2, -0.15) is 52.7 Å². The summed E-state index contributed by atoms with van der Waals surface area (Å²) in [5, 5.41) is -1.47. The van der Waals surface area contributed by atoms with Crippen molar-refractivity contribution in [1.29, 1.82) is 0 Å². The molecule has 5 nitrogen and oxygen atoms in total. The zero-order chi connectivity index (χ0) is 34.8. The molecule has 44 heavy (non-hydrogen) atoms. The lowest BCUT2D eigenvalue weighted by Crippen LogP contribution is -2.37. The Balaban J connectivity index is 0.000000488. The third-order valence-electron chi connectivity index (χ3n) is 5.09. The summed E-state index contributed by atoms with van der Waals surface area (Å²) in [5.74, 6) is -6.28. The molecule has 2 rings (SSSR count). The maximum atomic E-state index is 13.2. The molecule has 0 fully saturated rings. The Labute approximate surface area is 245 Å². The Kier molecular flexibility index (Phi) is 11.5. The van der Waals surface area contributed by atoms with Crippen molar-refractivity contribution in [1.82, 2.24) is 0 Å². The SMILES string of the molecule is CC(=O)C(C(=O)OC(C)(C)C)C(=O)c1ccc(C(F)(F)F)cc1C(F)(F)F.O=C(Cl)c1ccc(C(F)(F)F)cc1C(F)(F)F. The Morgan fingerprint density at radius 3 is 1.30 bits per heavy atom. The van der Waals surface area contributed by atoms with Gasteiger partial charge in [0.2, 0.25) is 0 Å². The molecule has 0 aliphatic rings. The van der Waals surface area contributed by atoms with Crippen molar-refractivity contribution in [2.45, 2.75) is 58.0 Å². The summed E-state index contributed by atoms with van der Waals surface area (Å²) in [6.45, 7) is 5.02. The molecule has 244 valence electrons. The molecule has 0 amide bonds. The minimum atomic E-state index is -5.32. The summed E-state index contributed by atoms with van der Waals surface area (Å²) in [6.07, 6.45) is -20.4. The zero-order valence-corrected chi connectivity index (χ0v) is 23.3. The Bertz CT molecular complexity index is 1410. The van der Waals surface area contributed by atoms with Crippen molar-refractivity contribution < 1.29 is 76.6 Å². The lowest BCUT2D eigenvalue weighted by Gasteiger charge is -2.23. The zero-order valence-electron chi connectivity index (χ0n) is 22.5. The van der Waals surface area contributed by atoms with Crippen LogP contribution in [0.4, 0.5) is 52.7 Å². The molecule has 0 aliphatic carbocycles. The van der Waals surface area contributed by atoms with Crippen molar-refractivity contribution in [3.05, 3.63) is 69.8 Å². The maximum absolute atomic E-state index is 13.2. The van der Waals surface area contributed by atoms with E-state index in [0.29, 0.717) is 18.2 Å². The monoisotopic (exact) mass is 674 g/mol. The van der Waals surface area contributed by atoms with Crippen LogP contribution in [-0.4, -0.2) is 28.4 Å². The Morgan fingerprint density at radius 1 is 0.636 bits per heavy atom. The van der Waals surface area contributed by atoms with Crippen LogP contribution in [0.25, 0.3) is 0 Å². The van der Waals surface area contributed by atoms with E-state index in [0.717, 1.165) is 6.92 Å². The molecule has 0 radical (unpaired) electrons. The molecule has 0 aliphatic heterocycles. The van der Waals surface area contributed by atoms with Gasteiger partial charge in [-0.1, -0.05) is 6.07 Å². The number of carbonyl (C=O) groups excluding carboxylic acids is 4. The molecule has 0 N–H and O–H groups in total. The number of hydrogen-bond donors (Lipinski definition) is 0. The highest BCUT2D eigenvalue weighted by molar-refractivity contribution is 6.67. The molecule has 0 saturated heterocycles. The van der Waals surface area contributed by atoms with E-state index in [9.17, 15) is 71.9 Å². The van der Waals surface area contributed by atoms with Crippen LogP contribution in [-0.2, 0) is 39.0 Å². The second-order valence-corrected chi connectivity index (χ2v) is 10.1. The van der Waals surface area contributed by atoms with Crippen LogP contribution < -0.4 is 0 Å². The third kappa shape index (κ3) is 10.5. The second kappa shape index (κ2) is 13.2. The van der Waals surface area contributed by atoms with Crippen molar-refractivity contribution in [3.8, 4) is 0 Å². The lowest BCUT2D eigenvalue weighted by molar-refractivity contribution is -0.160. The fourth-order valence-corrected chi connectivity index (χ4v) is 3.44. The number of Topliss-reactive ketones (excluding diaryl/α,β-unsaturated/α-hetero) is 2. The first-order valence-corrected chi connectivity index (χ1v) is 11.9. The van der Waals surface area contributed by atoms with Gasteiger partial charge in [-0.25, -0.2) is 0 Å². The molecular formula is C26H19ClF12O5. The standard InChI is InChI=1S/C17H16F6O4.C9H3ClF6O/c1-8(24)12(14(26)27-15(2,3)4)13(25)10-6-5-9(16(18,19)20)7-11(10)17(21,22)23;10-7(17)5-2-1-4(8(11,12)13)3-6(5)9(14,15)16/h5-7,12H,1-4H3;1-3H. The number of rotatable bonds is 5. The number of carbonyl (C=O) groups is 4. The van der Waals surface area contributed by atoms with Crippen molar-refractivity contribution in [2.75, 3.05) is 0 Å². The van der Waals surface area contributed by atoms with Crippen LogP contribution in [0.3, 0.4) is 0 Å². The molecule has 0 bridgehead atoms. The number of alkyl halides is 12. The van der Waals surface area contributed by atoms with E-state index in [1.807, 2.05) is 0 Å². The van der Waals surface area contributed by atoms with Crippen LogP contribution in [0.5, 0.6) is 0 Å². The van der Waals surface area contributed by atoms with E-state index in [4.69, 9.17) is 16.3 Å². The van der Waals surface area contributed by atoms with E-state index in [1.54, 1.807) is 0 Å². The van der Waals surface area contributed by atoms with Gasteiger partial charge in [0.25, 0.3) is 5.24 Å². The number of esters is 1. The summed E-state index contributed by atoms with van der Waals surface area (Å²) in [6, 6.07) is 0.962. The predicted octanol–water partition coefficient (Wildman–Crippen LogP) is 8.56. The quantitative estimate of drug-likeness (QED) is 0.104.